The number of nitrogens with one attached hydrogen (secondary N) is 1. The summed E-state index contributed by atoms with van der Waals surface area (Å²) in [7, 11) is 0. The van der Waals surface area contributed by atoms with Crippen LogP contribution >= 0.6 is 0 Å². The molecule has 3 nitrogen and oxygen atoms in total. The molecular formula is C12H25NO2. The van der Waals surface area contributed by atoms with Crippen molar-refractivity contribution < 1.29 is 9.57 Å². The molecule has 0 bridgehead atoms. The molecule has 1 heterocycles. The van der Waals surface area contributed by atoms with E-state index < -0.39 is 0 Å². The zero-order chi connectivity index (χ0) is 11.1. The lowest BCUT2D eigenvalue weighted by atomic mass is 10.0. The van der Waals surface area contributed by atoms with Crippen LogP contribution in [0, 0.1) is 5.92 Å². The SMILES string of the molecule is CCCC1CC(NOCC(C)C)CCO1. The number of rotatable bonds is 6. The molecule has 0 saturated carbocycles. The quantitative estimate of drug-likeness (QED) is 0.691. The second-order valence-corrected chi connectivity index (χ2v) is 4.83. The molecule has 15 heavy (non-hydrogen) atoms. The zero-order valence-corrected chi connectivity index (χ0v) is 10.3. The van der Waals surface area contributed by atoms with Crippen molar-refractivity contribution in [3.8, 4) is 0 Å². The molecule has 0 aromatic heterocycles. The predicted octanol–water partition coefficient (Wildman–Crippen LogP) is 2.51. The molecule has 0 aliphatic carbocycles. The molecule has 0 radical (unpaired) electrons. The Bertz CT molecular complexity index is 160. The minimum atomic E-state index is 0.434. The molecule has 0 spiro atoms. The van der Waals surface area contributed by atoms with Gasteiger partial charge in [-0.3, -0.25) is 0 Å². The highest BCUT2D eigenvalue weighted by Gasteiger charge is 2.21. The minimum Gasteiger partial charge on any atom is -0.378 e. The van der Waals surface area contributed by atoms with Gasteiger partial charge in [0.15, 0.2) is 0 Å². The van der Waals surface area contributed by atoms with Crippen LogP contribution in [0.4, 0.5) is 0 Å². The van der Waals surface area contributed by atoms with Gasteiger partial charge in [-0.15, -0.1) is 0 Å². The van der Waals surface area contributed by atoms with E-state index in [-0.39, 0.29) is 0 Å². The molecule has 2 atom stereocenters. The summed E-state index contributed by atoms with van der Waals surface area (Å²) in [5.41, 5.74) is 3.16. The van der Waals surface area contributed by atoms with Gasteiger partial charge >= 0.3 is 0 Å². The fraction of sp³-hybridized carbons (Fsp3) is 1.00. The molecular weight excluding hydrogens is 190 g/mol. The van der Waals surface area contributed by atoms with Crippen molar-refractivity contribution in [2.45, 2.75) is 58.6 Å². The van der Waals surface area contributed by atoms with Crippen molar-refractivity contribution in [2.75, 3.05) is 13.2 Å². The highest BCUT2D eigenvalue weighted by atomic mass is 16.6. The van der Waals surface area contributed by atoms with Crippen molar-refractivity contribution >= 4 is 0 Å². The third-order valence-electron chi connectivity index (χ3n) is 2.64. The van der Waals surface area contributed by atoms with E-state index in [1.165, 1.54) is 12.8 Å². The molecule has 1 aliphatic heterocycles. The Morgan fingerprint density at radius 3 is 2.93 bits per heavy atom. The van der Waals surface area contributed by atoms with Crippen molar-refractivity contribution in [2.24, 2.45) is 5.92 Å². The largest absolute Gasteiger partial charge is 0.378 e. The van der Waals surface area contributed by atoms with Crippen LogP contribution in [0.1, 0.15) is 46.5 Å². The summed E-state index contributed by atoms with van der Waals surface area (Å²) in [4.78, 5) is 5.46. The Balaban J connectivity index is 2.12. The Labute approximate surface area is 93.5 Å². The summed E-state index contributed by atoms with van der Waals surface area (Å²) in [6.07, 6.45) is 4.96. The first-order chi connectivity index (χ1) is 7.22. The first-order valence-corrected chi connectivity index (χ1v) is 6.21. The summed E-state index contributed by atoms with van der Waals surface area (Å²) in [5, 5.41) is 0. The van der Waals surface area contributed by atoms with Crippen LogP contribution in [0.2, 0.25) is 0 Å². The Kier molecular flexibility index (Phi) is 6.22. The standard InChI is InChI=1S/C12H25NO2/c1-4-5-12-8-11(6-7-14-12)13-15-9-10(2)3/h10-13H,4-9H2,1-3H3. The first kappa shape index (κ1) is 12.9. The highest BCUT2D eigenvalue weighted by molar-refractivity contribution is 4.74. The van der Waals surface area contributed by atoms with Crippen LogP contribution in [-0.4, -0.2) is 25.4 Å². The van der Waals surface area contributed by atoms with E-state index >= 15 is 0 Å². The summed E-state index contributed by atoms with van der Waals surface area (Å²) in [5.74, 6) is 0.587. The average molecular weight is 215 g/mol. The van der Waals surface area contributed by atoms with Gasteiger partial charge in [-0.25, -0.2) is 0 Å². The van der Waals surface area contributed by atoms with Crippen LogP contribution in [0.15, 0.2) is 0 Å². The summed E-state index contributed by atoms with van der Waals surface area (Å²) in [6.45, 7) is 8.18. The molecule has 0 aromatic rings. The lowest BCUT2D eigenvalue weighted by Crippen LogP contribution is -2.39. The van der Waals surface area contributed by atoms with E-state index in [9.17, 15) is 0 Å². The Morgan fingerprint density at radius 2 is 2.27 bits per heavy atom. The Hall–Kier alpha value is -0.120. The van der Waals surface area contributed by atoms with Crippen LogP contribution in [-0.2, 0) is 9.57 Å². The predicted molar refractivity (Wildman–Crippen MR) is 61.6 cm³/mol. The fourth-order valence-corrected chi connectivity index (χ4v) is 1.84. The van der Waals surface area contributed by atoms with E-state index in [2.05, 4.69) is 26.3 Å². The van der Waals surface area contributed by atoms with Gasteiger partial charge < -0.3 is 9.57 Å². The van der Waals surface area contributed by atoms with Gasteiger partial charge in [0.25, 0.3) is 0 Å². The second-order valence-electron chi connectivity index (χ2n) is 4.83. The average Bonchev–Trinajstić information content (AvgIpc) is 2.18. The lowest BCUT2D eigenvalue weighted by Gasteiger charge is -2.29. The van der Waals surface area contributed by atoms with Gasteiger partial charge in [0.1, 0.15) is 0 Å². The van der Waals surface area contributed by atoms with Crippen LogP contribution in [0.3, 0.4) is 0 Å². The van der Waals surface area contributed by atoms with Gasteiger partial charge in [-0.05, 0) is 25.2 Å². The molecule has 2 unspecified atom stereocenters. The van der Waals surface area contributed by atoms with Gasteiger partial charge in [0.2, 0.25) is 0 Å². The molecule has 0 amide bonds. The van der Waals surface area contributed by atoms with Gasteiger partial charge in [0.05, 0.1) is 12.7 Å². The molecule has 1 aliphatic rings. The molecule has 1 N–H and O–H groups in total. The normalized spacial score (nSPS) is 27.2. The summed E-state index contributed by atoms with van der Waals surface area (Å²) in [6, 6.07) is 0.481. The van der Waals surface area contributed by atoms with E-state index in [0.717, 1.165) is 26.1 Å². The van der Waals surface area contributed by atoms with Crippen molar-refractivity contribution in [3.63, 3.8) is 0 Å². The molecule has 1 saturated heterocycles. The van der Waals surface area contributed by atoms with Crippen molar-refractivity contribution in [1.82, 2.24) is 5.48 Å². The monoisotopic (exact) mass is 215 g/mol. The van der Waals surface area contributed by atoms with Gasteiger partial charge in [-0.1, -0.05) is 27.2 Å². The van der Waals surface area contributed by atoms with Crippen LogP contribution in [0.25, 0.3) is 0 Å². The van der Waals surface area contributed by atoms with Crippen molar-refractivity contribution in [3.05, 3.63) is 0 Å². The summed E-state index contributed by atoms with van der Waals surface area (Å²) < 4.78 is 5.68. The molecule has 0 aromatic carbocycles. The number of ether oxygens (including phenoxy) is 1. The van der Waals surface area contributed by atoms with E-state index in [1.807, 2.05) is 0 Å². The minimum absolute atomic E-state index is 0.434. The number of hydroxylamine groups is 1. The molecule has 3 heteroatoms. The second kappa shape index (κ2) is 7.20. The lowest BCUT2D eigenvalue weighted by molar-refractivity contribution is -0.0596. The fourth-order valence-electron chi connectivity index (χ4n) is 1.84. The topological polar surface area (TPSA) is 30.5 Å². The summed E-state index contributed by atoms with van der Waals surface area (Å²) >= 11 is 0. The van der Waals surface area contributed by atoms with Crippen LogP contribution in [0.5, 0.6) is 0 Å². The van der Waals surface area contributed by atoms with E-state index in [0.29, 0.717) is 18.1 Å². The molecule has 1 fully saturated rings. The molecule has 1 rings (SSSR count). The third kappa shape index (κ3) is 5.50. The zero-order valence-electron chi connectivity index (χ0n) is 10.3. The maximum atomic E-state index is 5.68. The molecule has 90 valence electrons. The van der Waals surface area contributed by atoms with Gasteiger partial charge in [0, 0.05) is 12.6 Å². The number of hydrogen-bond acceptors (Lipinski definition) is 3. The van der Waals surface area contributed by atoms with E-state index in [4.69, 9.17) is 9.57 Å². The van der Waals surface area contributed by atoms with Crippen molar-refractivity contribution in [1.29, 1.82) is 0 Å². The van der Waals surface area contributed by atoms with E-state index in [1.54, 1.807) is 0 Å². The Morgan fingerprint density at radius 1 is 1.47 bits per heavy atom. The smallest absolute Gasteiger partial charge is 0.0705 e. The number of hydrogen-bond donors (Lipinski definition) is 1. The first-order valence-electron chi connectivity index (χ1n) is 6.21. The van der Waals surface area contributed by atoms with Gasteiger partial charge in [-0.2, -0.15) is 5.48 Å². The highest BCUT2D eigenvalue weighted by Crippen LogP contribution is 2.17. The maximum absolute atomic E-state index is 5.68. The maximum Gasteiger partial charge on any atom is 0.0705 e. The van der Waals surface area contributed by atoms with Crippen LogP contribution < -0.4 is 5.48 Å². The third-order valence-corrected chi connectivity index (χ3v) is 2.64.